The Morgan fingerprint density at radius 2 is 2.24 bits per heavy atom. The van der Waals surface area contributed by atoms with Crippen LogP contribution >= 0.6 is 0 Å². The van der Waals surface area contributed by atoms with Crippen molar-refractivity contribution in [2.24, 2.45) is 17.6 Å². The van der Waals surface area contributed by atoms with Crippen LogP contribution in [0.25, 0.3) is 0 Å². The quantitative estimate of drug-likeness (QED) is 0.851. The Bertz CT molecular complexity index is 447. The fourth-order valence-corrected chi connectivity index (χ4v) is 3.55. The SMILES string of the molecule is CCCOc1cncc(C2(N)CCCC(CC(C)C)C2)c1. The smallest absolute Gasteiger partial charge is 0.137 e. The molecule has 3 heteroatoms. The van der Waals surface area contributed by atoms with Crippen LogP contribution in [0.4, 0.5) is 0 Å². The number of hydrogen-bond acceptors (Lipinski definition) is 3. The van der Waals surface area contributed by atoms with Crippen molar-refractivity contribution in [2.75, 3.05) is 6.61 Å². The van der Waals surface area contributed by atoms with E-state index >= 15 is 0 Å². The molecule has 2 unspecified atom stereocenters. The molecular weight excluding hydrogens is 260 g/mol. The zero-order valence-electron chi connectivity index (χ0n) is 13.8. The van der Waals surface area contributed by atoms with Gasteiger partial charge in [0.1, 0.15) is 5.75 Å². The van der Waals surface area contributed by atoms with Crippen LogP contribution in [0.5, 0.6) is 5.75 Å². The Kier molecular flexibility index (Phi) is 5.63. The lowest BCUT2D eigenvalue weighted by atomic mass is 9.71. The molecule has 1 aromatic rings. The minimum Gasteiger partial charge on any atom is -0.492 e. The Morgan fingerprint density at radius 3 is 2.95 bits per heavy atom. The molecule has 1 aliphatic carbocycles. The zero-order chi connectivity index (χ0) is 15.3. The summed E-state index contributed by atoms with van der Waals surface area (Å²) in [6.07, 6.45) is 10.7. The van der Waals surface area contributed by atoms with Gasteiger partial charge >= 0.3 is 0 Å². The summed E-state index contributed by atoms with van der Waals surface area (Å²) in [6, 6.07) is 2.10. The topological polar surface area (TPSA) is 48.1 Å². The molecule has 0 aliphatic heterocycles. The first-order valence-electron chi connectivity index (χ1n) is 8.40. The highest BCUT2D eigenvalue weighted by Gasteiger charge is 2.34. The van der Waals surface area contributed by atoms with Gasteiger partial charge in [-0.25, -0.2) is 0 Å². The molecule has 118 valence electrons. The lowest BCUT2D eigenvalue weighted by Crippen LogP contribution is -2.41. The van der Waals surface area contributed by atoms with E-state index in [1.165, 1.54) is 19.3 Å². The molecule has 0 bridgehead atoms. The number of ether oxygens (including phenoxy) is 1. The molecule has 0 radical (unpaired) electrons. The van der Waals surface area contributed by atoms with Crippen molar-refractivity contribution in [3.05, 3.63) is 24.0 Å². The minimum absolute atomic E-state index is 0.226. The highest BCUT2D eigenvalue weighted by Crippen LogP contribution is 2.40. The number of nitrogens with two attached hydrogens (primary N) is 1. The Morgan fingerprint density at radius 1 is 1.43 bits per heavy atom. The van der Waals surface area contributed by atoms with Crippen LogP contribution in [-0.2, 0) is 5.54 Å². The minimum atomic E-state index is -0.226. The van der Waals surface area contributed by atoms with Gasteiger partial charge in [-0.3, -0.25) is 4.98 Å². The molecule has 0 aromatic carbocycles. The summed E-state index contributed by atoms with van der Waals surface area (Å²) in [5, 5.41) is 0. The maximum atomic E-state index is 6.75. The van der Waals surface area contributed by atoms with Crippen LogP contribution in [0, 0.1) is 11.8 Å². The van der Waals surface area contributed by atoms with Crippen molar-refractivity contribution in [1.82, 2.24) is 4.98 Å². The van der Waals surface area contributed by atoms with Crippen molar-refractivity contribution in [3.8, 4) is 5.75 Å². The molecule has 0 saturated heterocycles. The summed E-state index contributed by atoms with van der Waals surface area (Å²) in [5.41, 5.74) is 7.67. The molecule has 1 fully saturated rings. The van der Waals surface area contributed by atoms with Crippen molar-refractivity contribution in [2.45, 2.75) is 64.8 Å². The first kappa shape index (κ1) is 16.3. The second-order valence-corrected chi connectivity index (χ2v) is 7.01. The van der Waals surface area contributed by atoms with Crippen molar-refractivity contribution in [1.29, 1.82) is 0 Å². The van der Waals surface area contributed by atoms with Crippen LogP contribution in [0.1, 0.15) is 64.9 Å². The molecule has 3 nitrogen and oxygen atoms in total. The number of pyridine rings is 1. The third-order valence-electron chi connectivity index (χ3n) is 4.45. The molecule has 1 heterocycles. The second-order valence-electron chi connectivity index (χ2n) is 7.01. The number of rotatable bonds is 6. The molecule has 0 amide bonds. The average molecular weight is 290 g/mol. The van der Waals surface area contributed by atoms with Gasteiger partial charge in [0.25, 0.3) is 0 Å². The predicted octanol–water partition coefficient (Wildman–Crippen LogP) is 4.26. The van der Waals surface area contributed by atoms with Gasteiger partial charge in [0, 0.05) is 11.7 Å². The fourth-order valence-electron chi connectivity index (χ4n) is 3.55. The third-order valence-corrected chi connectivity index (χ3v) is 4.45. The molecule has 2 atom stereocenters. The third kappa shape index (κ3) is 4.44. The second kappa shape index (κ2) is 7.26. The predicted molar refractivity (Wildman–Crippen MR) is 87.3 cm³/mol. The van der Waals surface area contributed by atoms with Crippen LogP contribution in [0.3, 0.4) is 0 Å². The number of nitrogens with zero attached hydrogens (tertiary/aromatic N) is 1. The van der Waals surface area contributed by atoms with Crippen LogP contribution < -0.4 is 10.5 Å². The summed E-state index contributed by atoms with van der Waals surface area (Å²) in [4.78, 5) is 4.34. The molecule has 2 rings (SSSR count). The molecular formula is C18H30N2O. The summed E-state index contributed by atoms with van der Waals surface area (Å²) in [5.74, 6) is 2.34. The zero-order valence-corrected chi connectivity index (χ0v) is 13.8. The normalized spacial score (nSPS) is 26.0. The van der Waals surface area contributed by atoms with E-state index in [1.807, 2.05) is 6.20 Å². The molecule has 1 saturated carbocycles. The van der Waals surface area contributed by atoms with Gasteiger partial charge in [0.15, 0.2) is 0 Å². The fraction of sp³-hybridized carbons (Fsp3) is 0.722. The first-order chi connectivity index (χ1) is 10.0. The van der Waals surface area contributed by atoms with E-state index in [1.54, 1.807) is 6.20 Å². The van der Waals surface area contributed by atoms with Crippen molar-refractivity contribution >= 4 is 0 Å². The first-order valence-corrected chi connectivity index (χ1v) is 8.40. The largest absolute Gasteiger partial charge is 0.492 e. The molecule has 0 spiro atoms. The van der Waals surface area contributed by atoms with Gasteiger partial charge in [-0.05, 0) is 49.1 Å². The summed E-state index contributed by atoms with van der Waals surface area (Å²) in [6.45, 7) is 7.44. The monoisotopic (exact) mass is 290 g/mol. The van der Waals surface area contributed by atoms with Crippen LogP contribution in [-0.4, -0.2) is 11.6 Å². The maximum Gasteiger partial charge on any atom is 0.137 e. The molecule has 21 heavy (non-hydrogen) atoms. The Balaban J connectivity index is 2.11. The number of aromatic nitrogens is 1. The van der Waals surface area contributed by atoms with Crippen LogP contribution in [0.15, 0.2) is 18.5 Å². The van der Waals surface area contributed by atoms with Gasteiger partial charge < -0.3 is 10.5 Å². The van der Waals surface area contributed by atoms with Gasteiger partial charge in [0.05, 0.1) is 12.8 Å². The highest BCUT2D eigenvalue weighted by molar-refractivity contribution is 5.29. The van der Waals surface area contributed by atoms with E-state index in [4.69, 9.17) is 10.5 Å². The summed E-state index contributed by atoms with van der Waals surface area (Å²) < 4.78 is 5.70. The molecule has 1 aromatic heterocycles. The standard InChI is InChI=1S/C18H30N2O/c1-4-8-21-17-10-16(12-20-13-17)18(19)7-5-6-15(11-18)9-14(2)3/h10,12-15H,4-9,11,19H2,1-3H3. The van der Waals surface area contributed by atoms with Crippen LogP contribution in [0.2, 0.25) is 0 Å². The summed E-state index contributed by atoms with van der Waals surface area (Å²) in [7, 11) is 0. The maximum absolute atomic E-state index is 6.75. The van der Waals surface area contributed by atoms with Crippen molar-refractivity contribution < 1.29 is 4.74 Å². The van der Waals surface area contributed by atoms with Gasteiger partial charge in [-0.2, -0.15) is 0 Å². The Labute approximate surface area is 129 Å². The van der Waals surface area contributed by atoms with Gasteiger partial charge in [-0.15, -0.1) is 0 Å². The van der Waals surface area contributed by atoms with E-state index in [0.29, 0.717) is 0 Å². The van der Waals surface area contributed by atoms with Gasteiger partial charge in [0.2, 0.25) is 0 Å². The van der Waals surface area contributed by atoms with E-state index in [2.05, 4.69) is 31.8 Å². The van der Waals surface area contributed by atoms with E-state index in [9.17, 15) is 0 Å². The van der Waals surface area contributed by atoms with Gasteiger partial charge in [-0.1, -0.05) is 33.6 Å². The summed E-state index contributed by atoms with van der Waals surface area (Å²) >= 11 is 0. The van der Waals surface area contributed by atoms with E-state index in [-0.39, 0.29) is 5.54 Å². The van der Waals surface area contributed by atoms with E-state index < -0.39 is 0 Å². The highest BCUT2D eigenvalue weighted by atomic mass is 16.5. The average Bonchev–Trinajstić information content (AvgIpc) is 2.45. The van der Waals surface area contributed by atoms with E-state index in [0.717, 1.165) is 49.0 Å². The molecule has 1 aliphatic rings. The molecule has 2 N–H and O–H groups in total. The Hall–Kier alpha value is -1.09. The van der Waals surface area contributed by atoms with Crippen molar-refractivity contribution in [3.63, 3.8) is 0 Å². The lowest BCUT2D eigenvalue weighted by molar-refractivity contribution is 0.201. The number of hydrogen-bond donors (Lipinski definition) is 1. The lowest BCUT2D eigenvalue weighted by Gasteiger charge is -2.39.